The molecular weight excluding hydrogens is 288 g/mol. The predicted molar refractivity (Wildman–Crippen MR) is 73.7 cm³/mol. The van der Waals surface area contributed by atoms with Crippen LogP contribution in [0.15, 0.2) is 23.1 Å². The first-order valence-electron chi connectivity index (χ1n) is 5.95. The Morgan fingerprint density at radius 3 is 2.63 bits per heavy atom. The lowest BCUT2D eigenvalue weighted by Gasteiger charge is -2.09. The minimum absolute atomic E-state index is 0.104. The molecule has 1 amide bonds. The first-order chi connectivity index (χ1) is 8.88. The van der Waals surface area contributed by atoms with Gasteiger partial charge in [0.05, 0.1) is 15.6 Å². The van der Waals surface area contributed by atoms with E-state index in [-0.39, 0.29) is 15.8 Å². The molecule has 0 unspecified atom stereocenters. The molecule has 1 aromatic carbocycles. The van der Waals surface area contributed by atoms with Crippen molar-refractivity contribution in [2.75, 3.05) is 11.9 Å². The molecule has 19 heavy (non-hydrogen) atoms. The smallest absolute Gasteiger partial charge is 0.240 e. The van der Waals surface area contributed by atoms with Crippen LogP contribution >= 0.6 is 11.6 Å². The number of halogens is 1. The number of amides is 1. The lowest BCUT2D eigenvalue weighted by atomic mass is 10.3. The Kier molecular flexibility index (Phi) is 4.13. The van der Waals surface area contributed by atoms with Gasteiger partial charge in [0.25, 0.3) is 0 Å². The van der Waals surface area contributed by atoms with E-state index in [0.29, 0.717) is 18.2 Å². The second-order valence-corrected chi connectivity index (χ2v) is 6.79. The third-order valence-corrected chi connectivity index (χ3v) is 4.55. The van der Waals surface area contributed by atoms with Crippen molar-refractivity contribution in [1.29, 1.82) is 0 Å². The van der Waals surface area contributed by atoms with Gasteiger partial charge in [-0.15, -0.1) is 0 Å². The molecular formula is C12H15ClN2O3S. The molecule has 0 aliphatic heterocycles. The van der Waals surface area contributed by atoms with Gasteiger partial charge in [0.1, 0.15) is 0 Å². The maximum Gasteiger partial charge on any atom is 0.240 e. The average Bonchev–Trinajstić information content (AvgIpc) is 3.12. The number of rotatable bonds is 5. The standard InChI is InChI=1S/C12H15ClN2O3S/c1-8(16)15-12-5-4-10(6-11(12)13)19(17,18)14-7-9-2-3-9/h4-6,9,14H,2-3,7H2,1H3,(H,15,16). The topological polar surface area (TPSA) is 75.3 Å². The fraction of sp³-hybridized carbons (Fsp3) is 0.417. The molecule has 0 spiro atoms. The van der Waals surface area contributed by atoms with E-state index in [1.54, 1.807) is 0 Å². The molecule has 5 nitrogen and oxygen atoms in total. The monoisotopic (exact) mass is 302 g/mol. The Balaban J connectivity index is 2.15. The van der Waals surface area contributed by atoms with E-state index in [2.05, 4.69) is 10.0 Å². The summed E-state index contributed by atoms with van der Waals surface area (Å²) in [6.45, 7) is 1.82. The van der Waals surface area contributed by atoms with Gasteiger partial charge < -0.3 is 5.32 Å². The van der Waals surface area contributed by atoms with Crippen molar-refractivity contribution in [2.24, 2.45) is 5.92 Å². The molecule has 2 N–H and O–H groups in total. The minimum Gasteiger partial charge on any atom is -0.325 e. The highest BCUT2D eigenvalue weighted by Crippen LogP contribution is 2.29. The summed E-state index contributed by atoms with van der Waals surface area (Å²) in [5.74, 6) is 0.202. The van der Waals surface area contributed by atoms with Crippen molar-refractivity contribution in [3.63, 3.8) is 0 Å². The quantitative estimate of drug-likeness (QED) is 0.873. The zero-order chi connectivity index (χ0) is 14.0. The highest BCUT2D eigenvalue weighted by atomic mass is 35.5. The summed E-state index contributed by atoms with van der Waals surface area (Å²) in [6.07, 6.45) is 2.15. The third-order valence-electron chi connectivity index (χ3n) is 2.82. The Morgan fingerprint density at radius 1 is 1.42 bits per heavy atom. The van der Waals surface area contributed by atoms with E-state index in [1.807, 2.05) is 0 Å². The molecule has 2 rings (SSSR count). The third kappa shape index (κ3) is 3.92. The van der Waals surface area contributed by atoms with Crippen LogP contribution in [-0.4, -0.2) is 20.9 Å². The Hall–Kier alpha value is -1.11. The van der Waals surface area contributed by atoms with Gasteiger partial charge in [0.15, 0.2) is 0 Å². The van der Waals surface area contributed by atoms with Gasteiger partial charge in [0, 0.05) is 13.5 Å². The fourth-order valence-electron chi connectivity index (χ4n) is 1.59. The Labute approximate surface area is 117 Å². The summed E-state index contributed by atoms with van der Waals surface area (Å²) in [5, 5.41) is 2.72. The first kappa shape index (κ1) is 14.3. The SMILES string of the molecule is CC(=O)Nc1ccc(S(=O)(=O)NCC2CC2)cc1Cl. The number of anilines is 1. The van der Waals surface area contributed by atoms with Gasteiger partial charge in [-0.3, -0.25) is 4.79 Å². The molecule has 0 atom stereocenters. The van der Waals surface area contributed by atoms with E-state index in [0.717, 1.165) is 12.8 Å². The van der Waals surface area contributed by atoms with Crippen molar-refractivity contribution in [1.82, 2.24) is 4.72 Å². The van der Waals surface area contributed by atoms with Crippen LogP contribution in [0.25, 0.3) is 0 Å². The average molecular weight is 303 g/mol. The van der Waals surface area contributed by atoms with Crippen molar-refractivity contribution >= 4 is 33.2 Å². The molecule has 0 aromatic heterocycles. The molecule has 0 bridgehead atoms. The Bertz CT molecular complexity index is 597. The number of hydrogen-bond donors (Lipinski definition) is 2. The molecule has 0 radical (unpaired) electrons. The maximum atomic E-state index is 12.0. The lowest BCUT2D eigenvalue weighted by Crippen LogP contribution is -2.25. The number of carbonyl (C=O) groups excluding carboxylic acids is 1. The number of carbonyl (C=O) groups is 1. The van der Waals surface area contributed by atoms with Crippen LogP contribution in [0.2, 0.25) is 5.02 Å². The van der Waals surface area contributed by atoms with Crippen LogP contribution in [0.3, 0.4) is 0 Å². The van der Waals surface area contributed by atoms with Crippen LogP contribution < -0.4 is 10.0 Å². The molecule has 0 heterocycles. The van der Waals surface area contributed by atoms with Gasteiger partial charge in [-0.05, 0) is 37.0 Å². The van der Waals surface area contributed by atoms with Crippen LogP contribution in [-0.2, 0) is 14.8 Å². The first-order valence-corrected chi connectivity index (χ1v) is 7.81. The molecule has 1 aliphatic carbocycles. The van der Waals surface area contributed by atoms with Crippen molar-refractivity contribution in [3.8, 4) is 0 Å². The molecule has 104 valence electrons. The van der Waals surface area contributed by atoms with Crippen molar-refractivity contribution in [3.05, 3.63) is 23.2 Å². The number of hydrogen-bond acceptors (Lipinski definition) is 3. The van der Waals surface area contributed by atoms with Gasteiger partial charge in [-0.25, -0.2) is 13.1 Å². The van der Waals surface area contributed by atoms with E-state index < -0.39 is 10.0 Å². The highest BCUT2D eigenvalue weighted by molar-refractivity contribution is 7.89. The molecule has 1 saturated carbocycles. The van der Waals surface area contributed by atoms with Crippen molar-refractivity contribution < 1.29 is 13.2 Å². The van der Waals surface area contributed by atoms with E-state index in [9.17, 15) is 13.2 Å². The number of benzene rings is 1. The minimum atomic E-state index is -3.53. The molecule has 7 heteroatoms. The lowest BCUT2D eigenvalue weighted by molar-refractivity contribution is -0.114. The molecule has 0 saturated heterocycles. The maximum absolute atomic E-state index is 12.0. The van der Waals surface area contributed by atoms with Gasteiger partial charge >= 0.3 is 0 Å². The van der Waals surface area contributed by atoms with Crippen molar-refractivity contribution in [2.45, 2.75) is 24.7 Å². The summed E-state index contributed by atoms with van der Waals surface area (Å²) < 4.78 is 26.5. The summed E-state index contributed by atoms with van der Waals surface area (Å²) in [6, 6.07) is 4.24. The number of nitrogens with one attached hydrogen (secondary N) is 2. The van der Waals surface area contributed by atoms with Crippen LogP contribution in [0.1, 0.15) is 19.8 Å². The summed E-state index contributed by atoms with van der Waals surface area (Å²) in [7, 11) is -3.53. The van der Waals surface area contributed by atoms with Crippen LogP contribution in [0, 0.1) is 5.92 Å². The normalized spacial score (nSPS) is 15.3. The Morgan fingerprint density at radius 2 is 2.11 bits per heavy atom. The van der Waals surface area contributed by atoms with Crippen LogP contribution in [0.5, 0.6) is 0 Å². The zero-order valence-electron chi connectivity index (χ0n) is 10.4. The summed E-state index contributed by atoms with van der Waals surface area (Å²) in [5.41, 5.74) is 0.398. The summed E-state index contributed by atoms with van der Waals surface area (Å²) >= 11 is 5.95. The predicted octanol–water partition coefficient (Wildman–Crippen LogP) is 1.99. The molecule has 1 aromatic rings. The highest BCUT2D eigenvalue weighted by Gasteiger charge is 2.24. The van der Waals surface area contributed by atoms with Gasteiger partial charge in [-0.2, -0.15) is 0 Å². The second kappa shape index (κ2) is 5.48. The number of sulfonamides is 1. The second-order valence-electron chi connectivity index (χ2n) is 4.62. The van der Waals surface area contributed by atoms with Gasteiger partial charge in [-0.1, -0.05) is 11.6 Å². The zero-order valence-corrected chi connectivity index (χ0v) is 12.0. The van der Waals surface area contributed by atoms with E-state index in [4.69, 9.17) is 11.6 Å². The van der Waals surface area contributed by atoms with E-state index >= 15 is 0 Å². The molecule has 1 fully saturated rings. The van der Waals surface area contributed by atoms with Gasteiger partial charge in [0.2, 0.25) is 15.9 Å². The molecule has 1 aliphatic rings. The van der Waals surface area contributed by atoms with Crippen LogP contribution in [0.4, 0.5) is 5.69 Å². The van der Waals surface area contributed by atoms with E-state index in [1.165, 1.54) is 25.1 Å². The fourth-order valence-corrected chi connectivity index (χ4v) is 3.02. The summed E-state index contributed by atoms with van der Waals surface area (Å²) in [4.78, 5) is 11.0. The largest absolute Gasteiger partial charge is 0.325 e.